The molecule has 0 radical (unpaired) electrons. The van der Waals surface area contributed by atoms with Crippen molar-refractivity contribution in [1.29, 1.82) is 0 Å². The van der Waals surface area contributed by atoms with Crippen LogP contribution in [0.25, 0.3) is 0 Å². The normalized spacial score (nSPS) is 10.2. The van der Waals surface area contributed by atoms with E-state index in [4.69, 9.17) is 4.74 Å². The summed E-state index contributed by atoms with van der Waals surface area (Å²) in [5.41, 5.74) is 0.835. The summed E-state index contributed by atoms with van der Waals surface area (Å²) in [4.78, 5) is 10.4. The van der Waals surface area contributed by atoms with Gasteiger partial charge in [-0.05, 0) is 30.3 Å². The van der Waals surface area contributed by atoms with E-state index < -0.39 is 4.92 Å². The van der Waals surface area contributed by atoms with Crippen molar-refractivity contribution < 1.29 is 14.1 Å². The monoisotopic (exact) mass is 354 g/mol. The van der Waals surface area contributed by atoms with Crippen molar-refractivity contribution in [3.63, 3.8) is 0 Å². The largest absolute Gasteiger partial charge is 0.490 e. The van der Waals surface area contributed by atoms with E-state index in [1.165, 1.54) is 25.3 Å². The Morgan fingerprint density at radius 1 is 1.33 bits per heavy atom. The highest BCUT2D eigenvalue weighted by atomic mass is 79.9. The van der Waals surface area contributed by atoms with E-state index in [0.717, 1.165) is 4.47 Å². The number of hydrogen-bond acceptors (Lipinski definition) is 4. The number of anilines is 1. The molecule has 0 heterocycles. The highest BCUT2D eigenvalue weighted by molar-refractivity contribution is 9.10. The summed E-state index contributed by atoms with van der Waals surface area (Å²) in [5, 5.41) is 13.9. The molecule has 0 saturated carbocycles. The lowest BCUT2D eigenvalue weighted by atomic mass is 10.2. The standard InChI is InChI=1S/C14H12BrFN2O3/c1-21-14-5-3-11(7-13(14)18(19)20)17-8-9-6-10(15)2-4-12(9)16/h2-7,17H,8H2,1H3. The van der Waals surface area contributed by atoms with Crippen LogP contribution in [0.1, 0.15) is 5.56 Å². The second-order valence-electron chi connectivity index (χ2n) is 4.23. The van der Waals surface area contributed by atoms with Crippen molar-refractivity contribution in [3.8, 4) is 5.75 Å². The van der Waals surface area contributed by atoms with Crippen LogP contribution < -0.4 is 10.1 Å². The van der Waals surface area contributed by atoms with Crippen LogP contribution in [0.3, 0.4) is 0 Å². The number of ether oxygens (including phenoxy) is 1. The number of nitrogens with one attached hydrogen (secondary N) is 1. The fraction of sp³-hybridized carbons (Fsp3) is 0.143. The summed E-state index contributed by atoms with van der Waals surface area (Å²) in [5.74, 6) is -0.159. The quantitative estimate of drug-likeness (QED) is 0.647. The van der Waals surface area contributed by atoms with E-state index in [-0.39, 0.29) is 23.8 Å². The zero-order valence-corrected chi connectivity index (χ0v) is 12.7. The number of nitrogens with zero attached hydrogens (tertiary/aromatic N) is 1. The van der Waals surface area contributed by atoms with Gasteiger partial charge in [-0.1, -0.05) is 15.9 Å². The molecular weight excluding hydrogens is 343 g/mol. The van der Waals surface area contributed by atoms with E-state index >= 15 is 0 Å². The third kappa shape index (κ3) is 3.69. The number of rotatable bonds is 5. The molecule has 0 spiro atoms. The van der Waals surface area contributed by atoms with Gasteiger partial charge in [-0.2, -0.15) is 0 Å². The molecule has 2 aromatic carbocycles. The summed E-state index contributed by atoms with van der Waals surface area (Å²) in [6.45, 7) is 0.217. The van der Waals surface area contributed by atoms with Gasteiger partial charge in [0.15, 0.2) is 5.75 Å². The van der Waals surface area contributed by atoms with Gasteiger partial charge in [-0.15, -0.1) is 0 Å². The van der Waals surface area contributed by atoms with Crippen molar-refractivity contribution in [2.75, 3.05) is 12.4 Å². The van der Waals surface area contributed by atoms with Gasteiger partial charge < -0.3 is 10.1 Å². The molecule has 2 aromatic rings. The Balaban J connectivity index is 2.18. The molecule has 0 amide bonds. The van der Waals surface area contributed by atoms with Crippen LogP contribution in [0, 0.1) is 15.9 Å². The first-order valence-corrected chi connectivity index (χ1v) is 6.81. The first-order chi connectivity index (χ1) is 10.0. The maximum absolute atomic E-state index is 13.6. The van der Waals surface area contributed by atoms with Crippen LogP contribution in [-0.2, 0) is 6.54 Å². The lowest BCUT2D eigenvalue weighted by molar-refractivity contribution is -0.385. The Morgan fingerprint density at radius 2 is 2.10 bits per heavy atom. The molecule has 21 heavy (non-hydrogen) atoms. The number of nitro benzene ring substituents is 1. The second-order valence-corrected chi connectivity index (χ2v) is 5.15. The maximum atomic E-state index is 13.6. The fourth-order valence-electron chi connectivity index (χ4n) is 1.82. The topological polar surface area (TPSA) is 64.4 Å². The number of halogens is 2. The number of hydrogen-bond donors (Lipinski definition) is 1. The third-order valence-corrected chi connectivity index (χ3v) is 3.36. The van der Waals surface area contributed by atoms with Gasteiger partial charge in [0.25, 0.3) is 0 Å². The first-order valence-electron chi connectivity index (χ1n) is 6.01. The number of methoxy groups -OCH3 is 1. The first kappa shape index (κ1) is 15.2. The lowest BCUT2D eigenvalue weighted by Crippen LogP contribution is -2.03. The molecular formula is C14H12BrFN2O3. The molecule has 0 aromatic heterocycles. The highest BCUT2D eigenvalue weighted by Crippen LogP contribution is 2.30. The van der Waals surface area contributed by atoms with Gasteiger partial charge in [0.2, 0.25) is 0 Å². The summed E-state index contributed by atoms with van der Waals surface area (Å²) < 4.78 is 19.3. The highest BCUT2D eigenvalue weighted by Gasteiger charge is 2.15. The van der Waals surface area contributed by atoms with E-state index in [2.05, 4.69) is 21.2 Å². The third-order valence-electron chi connectivity index (χ3n) is 2.87. The van der Waals surface area contributed by atoms with Crippen LogP contribution in [0.5, 0.6) is 5.75 Å². The molecule has 7 heteroatoms. The summed E-state index contributed by atoms with van der Waals surface area (Å²) >= 11 is 3.27. The van der Waals surface area contributed by atoms with Gasteiger partial charge in [-0.3, -0.25) is 10.1 Å². The second kappa shape index (κ2) is 6.53. The Labute approximate surface area is 129 Å². The zero-order valence-electron chi connectivity index (χ0n) is 11.1. The van der Waals surface area contributed by atoms with Crippen LogP contribution in [0.2, 0.25) is 0 Å². The van der Waals surface area contributed by atoms with Gasteiger partial charge in [-0.25, -0.2) is 4.39 Å². The minimum atomic E-state index is -0.524. The van der Waals surface area contributed by atoms with Crippen molar-refractivity contribution in [3.05, 3.63) is 62.4 Å². The molecule has 2 rings (SSSR count). The van der Waals surface area contributed by atoms with Gasteiger partial charge >= 0.3 is 5.69 Å². The van der Waals surface area contributed by atoms with Gasteiger partial charge in [0.1, 0.15) is 5.82 Å². The average Bonchev–Trinajstić information content (AvgIpc) is 2.47. The van der Waals surface area contributed by atoms with Crippen LogP contribution in [-0.4, -0.2) is 12.0 Å². The molecule has 0 aliphatic rings. The number of nitro groups is 1. The molecule has 0 unspecified atom stereocenters. The van der Waals surface area contributed by atoms with E-state index in [9.17, 15) is 14.5 Å². The smallest absolute Gasteiger partial charge is 0.312 e. The molecule has 110 valence electrons. The molecule has 0 saturated heterocycles. The number of benzene rings is 2. The average molecular weight is 355 g/mol. The molecule has 0 aliphatic heterocycles. The Bertz CT molecular complexity index is 679. The zero-order chi connectivity index (χ0) is 15.4. The molecule has 0 bridgehead atoms. The molecule has 0 fully saturated rings. The van der Waals surface area contributed by atoms with Gasteiger partial charge in [0, 0.05) is 28.3 Å². The van der Waals surface area contributed by atoms with E-state index in [1.54, 1.807) is 18.2 Å². The minimum Gasteiger partial charge on any atom is -0.490 e. The van der Waals surface area contributed by atoms with Crippen LogP contribution >= 0.6 is 15.9 Å². The van der Waals surface area contributed by atoms with Crippen molar-refractivity contribution in [1.82, 2.24) is 0 Å². The lowest BCUT2D eigenvalue weighted by Gasteiger charge is -2.09. The van der Waals surface area contributed by atoms with Crippen molar-refractivity contribution in [2.45, 2.75) is 6.54 Å². The molecule has 5 nitrogen and oxygen atoms in total. The summed E-state index contributed by atoms with van der Waals surface area (Å²) in [6.07, 6.45) is 0. The Hall–Kier alpha value is -2.15. The summed E-state index contributed by atoms with van der Waals surface area (Å²) in [7, 11) is 1.37. The Kier molecular flexibility index (Phi) is 4.74. The molecule has 0 atom stereocenters. The SMILES string of the molecule is COc1ccc(NCc2cc(Br)ccc2F)cc1[N+](=O)[O-]. The predicted octanol–water partition coefficient (Wildman–Crippen LogP) is 4.12. The van der Waals surface area contributed by atoms with E-state index in [0.29, 0.717) is 11.3 Å². The maximum Gasteiger partial charge on any atom is 0.312 e. The van der Waals surface area contributed by atoms with Gasteiger partial charge in [0.05, 0.1) is 12.0 Å². The predicted molar refractivity (Wildman–Crippen MR) is 81.1 cm³/mol. The summed E-state index contributed by atoms with van der Waals surface area (Å²) in [6, 6.07) is 9.11. The molecule has 1 N–H and O–H groups in total. The fourth-order valence-corrected chi connectivity index (χ4v) is 2.23. The Morgan fingerprint density at radius 3 is 2.76 bits per heavy atom. The van der Waals surface area contributed by atoms with Crippen LogP contribution in [0.15, 0.2) is 40.9 Å². The minimum absolute atomic E-state index is 0.141. The molecule has 0 aliphatic carbocycles. The van der Waals surface area contributed by atoms with Crippen molar-refractivity contribution in [2.24, 2.45) is 0 Å². The van der Waals surface area contributed by atoms with Crippen LogP contribution in [0.4, 0.5) is 15.8 Å². The van der Waals surface area contributed by atoms with Crippen molar-refractivity contribution >= 4 is 27.3 Å². The van der Waals surface area contributed by atoms with E-state index in [1.807, 2.05) is 0 Å².